The van der Waals surface area contributed by atoms with E-state index in [-0.39, 0.29) is 0 Å². The zero-order chi connectivity index (χ0) is 18.9. The highest BCUT2D eigenvalue weighted by molar-refractivity contribution is 5.70. The van der Waals surface area contributed by atoms with Gasteiger partial charge in [-0.15, -0.1) is 0 Å². The number of nitrogens with zero attached hydrogens (tertiary/aromatic N) is 1. The van der Waals surface area contributed by atoms with Crippen molar-refractivity contribution in [3.63, 3.8) is 0 Å². The van der Waals surface area contributed by atoms with Crippen LogP contribution in [0.2, 0.25) is 0 Å². The monoisotopic (exact) mass is 365 g/mol. The van der Waals surface area contributed by atoms with Gasteiger partial charge in [0.1, 0.15) is 5.75 Å². The molecule has 144 valence electrons. The summed E-state index contributed by atoms with van der Waals surface area (Å²) in [4.78, 5) is 4.07. The van der Waals surface area contributed by atoms with Crippen LogP contribution in [0.25, 0.3) is 12.2 Å². The lowest BCUT2D eigenvalue weighted by Gasteiger charge is -2.13. The number of ether oxygens (including phenoxy) is 1. The second kappa shape index (κ2) is 10.2. The van der Waals surface area contributed by atoms with Gasteiger partial charge in [-0.3, -0.25) is 4.98 Å². The fourth-order valence-corrected chi connectivity index (χ4v) is 3.21. The van der Waals surface area contributed by atoms with Crippen LogP contribution in [0.4, 0.5) is 0 Å². The first-order chi connectivity index (χ1) is 13.2. The molecular formula is C23H31N3O. The summed E-state index contributed by atoms with van der Waals surface area (Å²) < 4.78 is 6.00. The molecule has 0 radical (unpaired) electrons. The highest BCUT2D eigenvalue weighted by atomic mass is 16.5. The summed E-state index contributed by atoms with van der Waals surface area (Å²) in [7, 11) is 0. The SMILES string of the molecule is CC(C)COc1cc(/C=C/c2ccncc2)cc(CNCC2CCNC2)c1. The molecule has 2 aromatic rings. The number of hydrogen-bond donors (Lipinski definition) is 2. The van der Waals surface area contributed by atoms with Crippen LogP contribution in [-0.2, 0) is 6.54 Å². The van der Waals surface area contributed by atoms with Crippen LogP contribution in [0.1, 0.15) is 37.0 Å². The van der Waals surface area contributed by atoms with E-state index in [1.165, 1.54) is 12.0 Å². The molecule has 1 saturated heterocycles. The molecule has 4 nitrogen and oxygen atoms in total. The standard InChI is InChI=1S/C23H31N3O/c1-18(2)17-27-23-12-20(4-3-19-5-8-24-9-6-19)11-22(13-23)16-26-15-21-7-10-25-14-21/h3-6,8-9,11-13,18,21,25-26H,7,10,14-17H2,1-2H3/b4-3+. The second-order valence-corrected chi connectivity index (χ2v) is 7.72. The van der Waals surface area contributed by atoms with E-state index >= 15 is 0 Å². The first-order valence-corrected chi connectivity index (χ1v) is 9.95. The van der Waals surface area contributed by atoms with Crippen molar-refractivity contribution in [1.29, 1.82) is 0 Å². The summed E-state index contributed by atoms with van der Waals surface area (Å²) in [5.41, 5.74) is 3.57. The lowest BCUT2D eigenvalue weighted by atomic mass is 10.1. The van der Waals surface area contributed by atoms with Gasteiger partial charge in [0.15, 0.2) is 0 Å². The lowest BCUT2D eigenvalue weighted by molar-refractivity contribution is 0.270. The van der Waals surface area contributed by atoms with Crippen molar-refractivity contribution in [2.45, 2.75) is 26.8 Å². The minimum Gasteiger partial charge on any atom is -0.493 e. The van der Waals surface area contributed by atoms with Gasteiger partial charge >= 0.3 is 0 Å². The number of aromatic nitrogens is 1. The molecule has 1 aliphatic heterocycles. The number of pyridine rings is 1. The average molecular weight is 366 g/mol. The molecule has 0 aliphatic carbocycles. The van der Waals surface area contributed by atoms with Crippen molar-refractivity contribution < 1.29 is 4.74 Å². The van der Waals surface area contributed by atoms with Crippen LogP contribution in [0.15, 0.2) is 42.7 Å². The molecule has 0 bridgehead atoms. The van der Waals surface area contributed by atoms with Crippen molar-refractivity contribution in [1.82, 2.24) is 15.6 Å². The average Bonchev–Trinajstić information content (AvgIpc) is 3.19. The Kier molecular flexibility index (Phi) is 7.43. The lowest BCUT2D eigenvalue weighted by Crippen LogP contribution is -2.24. The number of benzene rings is 1. The first kappa shape index (κ1) is 19.6. The predicted molar refractivity (Wildman–Crippen MR) is 113 cm³/mol. The van der Waals surface area contributed by atoms with Crippen molar-refractivity contribution in [2.24, 2.45) is 11.8 Å². The summed E-state index contributed by atoms with van der Waals surface area (Å²) in [6.45, 7) is 9.28. The first-order valence-electron chi connectivity index (χ1n) is 9.95. The maximum absolute atomic E-state index is 6.00. The molecule has 1 atom stereocenters. The molecule has 1 aromatic heterocycles. The van der Waals surface area contributed by atoms with E-state index in [0.717, 1.165) is 55.6 Å². The summed E-state index contributed by atoms with van der Waals surface area (Å²) >= 11 is 0. The van der Waals surface area contributed by atoms with Crippen molar-refractivity contribution in [2.75, 3.05) is 26.2 Å². The minimum atomic E-state index is 0.512. The molecule has 0 saturated carbocycles. The van der Waals surface area contributed by atoms with Crippen LogP contribution in [0.3, 0.4) is 0 Å². The van der Waals surface area contributed by atoms with Crippen LogP contribution in [0, 0.1) is 11.8 Å². The molecule has 1 aliphatic rings. The van der Waals surface area contributed by atoms with Crippen LogP contribution < -0.4 is 15.4 Å². The third kappa shape index (κ3) is 6.81. The molecule has 1 aromatic carbocycles. The van der Waals surface area contributed by atoms with E-state index in [9.17, 15) is 0 Å². The van der Waals surface area contributed by atoms with Gasteiger partial charge in [-0.1, -0.05) is 32.1 Å². The molecule has 2 N–H and O–H groups in total. The Morgan fingerprint density at radius 1 is 1.19 bits per heavy atom. The van der Waals surface area contributed by atoms with Gasteiger partial charge in [0.2, 0.25) is 0 Å². The van der Waals surface area contributed by atoms with E-state index in [1.54, 1.807) is 0 Å². The second-order valence-electron chi connectivity index (χ2n) is 7.72. The third-order valence-corrected chi connectivity index (χ3v) is 4.67. The summed E-state index contributed by atoms with van der Waals surface area (Å²) in [6, 6.07) is 10.5. The normalized spacial score (nSPS) is 17.1. The Bertz CT molecular complexity index is 722. The highest BCUT2D eigenvalue weighted by Crippen LogP contribution is 2.20. The van der Waals surface area contributed by atoms with E-state index in [4.69, 9.17) is 4.74 Å². The summed E-state index contributed by atoms with van der Waals surface area (Å²) in [5, 5.41) is 7.03. The van der Waals surface area contributed by atoms with Gasteiger partial charge < -0.3 is 15.4 Å². The topological polar surface area (TPSA) is 46.2 Å². The Morgan fingerprint density at radius 3 is 2.74 bits per heavy atom. The molecule has 1 unspecified atom stereocenters. The predicted octanol–water partition coefficient (Wildman–Crippen LogP) is 3.99. The maximum atomic E-state index is 6.00. The minimum absolute atomic E-state index is 0.512. The van der Waals surface area contributed by atoms with E-state index in [2.05, 4.69) is 59.8 Å². The molecule has 0 spiro atoms. The largest absolute Gasteiger partial charge is 0.493 e. The quantitative estimate of drug-likeness (QED) is 0.705. The van der Waals surface area contributed by atoms with Crippen molar-refractivity contribution in [3.05, 3.63) is 59.4 Å². The molecule has 2 heterocycles. The number of rotatable bonds is 9. The van der Waals surface area contributed by atoms with Gasteiger partial charge in [-0.25, -0.2) is 0 Å². The van der Waals surface area contributed by atoms with Gasteiger partial charge in [0, 0.05) is 18.9 Å². The third-order valence-electron chi connectivity index (χ3n) is 4.67. The van der Waals surface area contributed by atoms with Gasteiger partial charge in [-0.2, -0.15) is 0 Å². The smallest absolute Gasteiger partial charge is 0.120 e. The number of nitrogens with one attached hydrogen (secondary N) is 2. The fourth-order valence-electron chi connectivity index (χ4n) is 3.21. The van der Waals surface area contributed by atoms with Gasteiger partial charge in [0.25, 0.3) is 0 Å². The fraction of sp³-hybridized carbons (Fsp3) is 0.435. The Morgan fingerprint density at radius 2 is 2.00 bits per heavy atom. The van der Waals surface area contributed by atoms with E-state index in [1.807, 2.05) is 24.5 Å². The molecule has 0 amide bonds. The van der Waals surface area contributed by atoms with Gasteiger partial charge in [-0.05, 0) is 78.8 Å². The van der Waals surface area contributed by atoms with E-state index < -0.39 is 0 Å². The van der Waals surface area contributed by atoms with Crippen LogP contribution in [0.5, 0.6) is 5.75 Å². The Hall–Kier alpha value is -2.17. The number of hydrogen-bond acceptors (Lipinski definition) is 4. The molecule has 27 heavy (non-hydrogen) atoms. The molecule has 3 rings (SSSR count). The van der Waals surface area contributed by atoms with Gasteiger partial charge in [0.05, 0.1) is 6.61 Å². The van der Waals surface area contributed by atoms with Crippen LogP contribution in [-0.4, -0.2) is 31.2 Å². The molecule has 4 heteroatoms. The molecular weight excluding hydrogens is 334 g/mol. The zero-order valence-electron chi connectivity index (χ0n) is 16.4. The zero-order valence-corrected chi connectivity index (χ0v) is 16.4. The molecule has 1 fully saturated rings. The Balaban J connectivity index is 1.68. The van der Waals surface area contributed by atoms with Crippen molar-refractivity contribution in [3.8, 4) is 5.75 Å². The van der Waals surface area contributed by atoms with Crippen molar-refractivity contribution >= 4 is 12.2 Å². The van der Waals surface area contributed by atoms with E-state index in [0.29, 0.717) is 5.92 Å². The highest BCUT2D eigenvalue weighted by Gasteiger charge is 2.13. The van der Waals surface area contributed by atoms with Crippen LogP contribution >= 0.6 is 0 Å². The maximum Gasteiger partial charge on any atom is 0.120 e. The Labute approximate surface area is 163 Å². The summed E-state index contributed by atoms with van der Waals surface area (Å²) in [5.74, 6) is 2.20. The summed E-state index contributed by atoms with van der Waals surface area (Å²) in [6.07, 6.45) is 9.15.